The number of carbonyl (C=O) groups excluding carboxylic acids is 6. The molecule has 22 nitrogen and oxygen atoms in total. The average molecular weight is 1240 g/mol. The van der Waals surface area contributed by atoms with Gasteiger partial charge in [0, 0.05) is 66.7 Å². The van der Waals surface area contributed by atoms with Crippen molar-refractivity contribution in [1.29, 1.82) is 0 Å². The number of aromatic nitrogens is 6. The summed E-state index contributed by atoms with van der Waals surface area (Å²) in [7, 11) is 6.35. The van der Waals surface area contributed by atoms with E-state index in [1.54, 1.807) is 49.9 Å². The number of amides is 6. The summed E-state index contributed by atoms with van der Waals surface area (Å²) >= 11 is 0. The van der Waals surface area contributed by atoms with E-state index in [9.17, 15) is 33.6 Å². The molecule has 7 N–H and O–H groups in total. The molecule has 7 atom stereocenters. The Bertz CT molecular complexity index is 3960. The number of likely N-dealkylation sites (N-methyl/N-ethyl adjacent to an activating group) is 1. The number of pyridine rings is 1. The summed E-state index contributed by atoms with van der Waals surface area (Å²) < 4.78 is 16.4. The Hall–Kier alpha value is -8.53. The van der Waals surface area contributed by atoms with Crippen molar-refractivity contribution >= 4 is 68.6 Å². The van der Waals surface area contributed by atoms with Crippen LogP contribution in [0, 0.1) is 17.8 Å². The third kappa shape index (κ3) is 12.6. The van der Waals surface area contributed by atoms with Gasteiger partial charge >= 0.3 is 11.8 Å². The van der Waals surface area contributed by atoms with Crippen LogP contribution in [0.1, 0.15) is 157 Å². The van der Waals surface area contributed by atoms with Crippen molar-refractivity contribution < 1.29 is 38.2 Å². The maximum Gasteiger partial charge on any atom is 0.407 e. The van der Waals surface area contributed by atoms with Gasteiger partial charge in [-0.1, -0.05) is 55.7 Å². The second-order valence-electron chi connectivity index (χ2n) is 26.4. The lowest BCUT2D eigenvalue weighted by Crippen LogP contribution is -2.58. The molecule has 3 saturated carbocycles. The fourth-order valence-electron chi connectivity index (χ4n) is 15.3. The third-order valence-electron chi connectivity index (χ3n) is 20.5. The van der Waals surface area contributed by atoms with Gasteiger partial charge in [-0.2, -0.15) is 5.10 Å². The molecule has 0 unspecified atom stereocenters. The van der Waals surface area contributed by atoms with Gasteiger partial charge in [0.2, 0.25) is 23.6 Å². The Kier molecular flexibility index (Phi) is 18.4. The van der Waals surface area contributed by atoms with Gasteiger partial charge in [-0.15, -0.1) is 0 Å². The summed E-state index contributed by atoms with van der Waals surface area (Å²) in [5, 5.41) is 25.2. The summed E-state index contributed by atoms with van der Waals surface area (Å²) in [6.07, 6.45) is 15.1. The number of hydrogen-bond donors (Lipinski definition) is 7. The maximum atomic E-state index is 15.0. The molecule has 7 aromatic rings. The Labute approximate surface area is 529 Å². The fraction of sp³-hybridized carbons (Fsp3) is 0.522. The minimum atomic E-state index is -0.838. The standard InChI is InChI=1S/C69H87N13O9/c1-38(2)82-53-29-25-44(30-46(53)35-73-82)57-58-61-55(79(5)69(89)81(61)49-27-26-47(32-49)75-68(88)91-7)36-71-62(58)77-59(57)45-24-28-51(56(31-45)90-6)65(85)72-34-40-20-22-43(23-21-40)64(84)74-48-33-54(66(86)76-52-19-13-17-41-14-11-12-18-50(41)52)80(37-48)67(87)60(42-15-9-8-10-16-42)78-63(83)39(3)70-4/h11-12,14,18,24-25,28-31,35-36,38-40,42-43,47-49,52,54,60,70H,8-10,13,15-17,19-23,26-27,32-34,37H2,1-7H3,(H,71,77)(H,72,85)(H,74,84)(H,75,88)(H,76,86)(H,78,83)/t39-,40?,43?,47+,48-,49+,52+,54-,60-/m0/s1. The predicted molar refractivity (Wildman–Crippen MR) is 347 cm³/mol. The number of likely N-dealkylation sites (tertiary alicyclic amines) is 1. The highest BCUT2D eigenvalue weighted by Crippen LogP contribution is 2.45. The Morgan fingerprint density at radius 2 is 1.56 bits per heavy atom. The topological polar surface area (TPSA) is 270 Å². The highest BCUT2D eigenvalue weighted by molar-refractivity contribution is 6.15. The van der Waals surface area contributed by atoms with Gasteiger partial charge in [-0.3, -0.25) is 37.8 Å². The molecule has 5 aliphatic rings. The Morgan fingerprint density at radius 3 is 2.32 bits per heavy atom. The second kappa shape index (κ2) is 26.7. The van der Waals surface area contributed by atoms with Gasteiger partial charge in [0.1, 0.15) is 23.5 Å². The van der Waals surface area contributed by atoms with Gasteiger partial charge in [-0.05, 0) is 164 Å². The zero-order chi connectivity index (χ0) is 63.8. The second-order valence-corrected chi connectivity index (χ2v) is 26.4. The number of carbonyl (C=O) groups is 6. The van der Waals surface area contributed by atoms with E-state index in [-0.39, 0.29) is 90.1 Å². The van der Waals surface area contributed by atoms with Gasteiger partial charge in [0.25, 0.3) is 5.91 Å². The number of imidazole rings is 1. The normalized spacial score (nSPS) is 22.6. The molecule has 482 valence electrons. The molecule has 4 aliphatic carbocycles. The Balaban J connectivity index is 0.743. The van der Waals surface area contributed by atoms with E-state index in [2.05, 4.69) is 81.1 Å². The number of aryl methyl sites for hydroxylation is 2. The first-order valence-corrected chi connectivity index (χ1v) is 32.9. The van der Waals surface area contributed by atoms with Crippen molar-refractivity contribution in [3.63, 3.8) is 0 Å². The monoisotopic (exact) mass is 1240 g/mol. The van der Waals surface area contributed by atoms with E-state index in [1.165, 1.54) is 12.7 Å². The maximum absolute atomic E-state index is 15.0. The van der Waals surface area contributed by atoms with Gasteiger partial charge in [0.15, 0.2) is 0 Å². The zero-order valence-electron chi connectivity index (χ0n) is 53.4. The zero-order valence-corrected chi connectivity index (χ0v) is 53.4. The molecule has 0 bridgehead atoms. The minimum absolute atomic E-state index is 0.0678. The number of nitrogens with zero attached hydrogens (tertiary/aromatic N) is 6. The number of fused-ring (bicyclic) bond motifs is 5. The lowest BCUT2D eigenvalue weighted by Gasteiger charge is -2.35. The van der Waals surface area contributed by atoms with E-state index in [0.29, 0.717) is 79.7 Å². The molecule has 6 amide bonds. The van der Waals surface area contributed by atoms with Crippen LogP contribution in [0.2, 0.25) is 0 Å². The van der Waals surface area contributed by atoms with Crippen LogP contribution in [-0.2, 0) is 37.4 Å². The summed E-state index contributed by atoms with van der Waals surface area (Å²) in [5.74, 6) is -1.08. The molecule has 0 spiro atoms. The van der Waals surface area contributed by atoms with Crippen LogP contribution >= 0.6 is 0 Å². The van der Waals surface area contributed by atoms with Gasteiger partial charge in [-0.25, -0.2) is 14.6 Å². The van der Waals surface area contributed by atoms with Crippen molar-refractivity contribution in [2.24, 2.45) is 24.8 Å². The highest BCUT2D eigenvalue weighted by atomic mass is 16.5. The average Bonchev–Trinajstić information content (AvgIpc) is 1.57. The number of hydrogen-bond acceptors (Lipinski definition) is 12. The van der Waals surface area contributed by atoms with Crippen molar-refractivity contribution in [3.8, 4) is 28.1 Å². The van der Waals surface area contributed by atoms with Crippen molar-refractivity contribution in [2.45, 2.75) is 172 Å². The van der Waals surface area contributed by atoms with Crippen LogP contribution in [-0.4, -0.2) is 134 Å². The molecule has 4 aromatic heterocycles. The predicted octanol–water partition coefficient (Wildman–Crippen LogP) is 8.43. The number of alkyl carbamates (subject to hydrolysis) is 1. The smallest absolute Gasteiger partial charge is 0.407 e. The molecule has 1 saturated heterocycles. The molecular formula is C69H87N13O9. The van der Waals surface area contributed by atoms with E-state index < -0.39 is 30.3 Å². The van der Waals surface area contributed by atoms with Crippen LogP contribution < -0.4 is 42.3 Å². The van der Waals surface area contributed by atoms with Crippen LogP contribution in [0.4, 0.5) is 4.79 Å². The van der Waals surface area contributed by atoms with Crippen LogP contribution in [0.15, 0.2) is 77.9 Å². The molecule has 1 aliphatic heterocycles. The van der Waals surface area contributed by atoms with Crippen LogP contribution in [0.25, 0.3) is 55.4 Å². The quantitative estimate of drug-likeness (QED) is 0.0427. The van der Waals surface area contributed by atoms with E-state index in [1.807, 2.05) is 39.7 Å². The molecule has 4 fully saturated rings. The third-order valence-corrected chi connectivity index (χ3v) is 20.5. The first-order valence-electron chi connectivity index (χ1n) is 32.9. The summed E-state index contributed by atoms with van der Waals surface area (Å²) in [4.78, 5) is 108. The molecule has 3 aromatic carbocycles. The number of ether oxygens (including phenoxy) is 2. The van der Waals surface area contributed by atoms with Crippen LogP contribution in [0.5, 0.6) is 5.75 Å². The number of aromatic amines is 1. The first-order chi connectivity index (χ1) is 44.0. The largest absolute Gasteiger partial charge is 0.496 e. The van der Waals surface area contributed by atoms with Gasteiger partial charge < -0.3 is 51.3 Å². The SMILES string of the molecule is CN[C@@H](C)C(=O)N[C@H](C(=O)N1C[C@@H](NC(=O)C2CCC(CNC(=O)c3ccc(-c4[nH]c5ncc6c(c5c4-c4ccc5c(cnn5C(C)C)c4)n([C@@H]4CC[C@@H](NC(=O)OC)C4)c(=O)n6C)cc3OC)CC2)C[C@H]1C(=O)N[C@@H]1CCCc2ccccc21)C1CCCCC1. The molecular weight excluding hydrogens is 1150 g/mol. The number of benzene rings is 3. The first kappa shape index (κ1) is 62.7. The highest BCUT2D eigenvalue weighted by Gasteiger charge is 2.46. The van der Waals surface area contributed by atoms with E-state index >= 15 is 0 Å². The summed E-state index contributed by atoms with van der Waals surface area (Å²) in [6, 6.07) is 16.8. The van der Waals surface area contributed by atoms with E-state index in [4.69, 9.17) is 19.6 Å². The summed E-state index contributed by atoms with van der Waals surface area (Å²) in [6.45, 7) is 6.49. The van der Waals surface area contributed by atoms with Crippen molar-refractivity contribution in [1.82, 2.24) is 65.7 Å². The lowest BCUT2D eigenvalue weighted by atomic mass is 9.81. The number of rotatable bonds is 18. The molecule has 0 radical (unpaired) electrons. The van der Waals surface area contributed by atoms with Crippen LogP contribution in [0.3, 0.4) is 0 Å². The lowest BCUT2D eigenvalue weighted by molar-refractivity contribution is -0.143. The summed E-state index contributed by atoms with van der Waals surface area (Å²) in [5.41, 5.74) is 8.52. The molecule has 91 heavy (non-hydrogen) atoms. The molecule has 22 heteroatoms. The molecule has 5 heterocycles. The van der Waals surface area contributed by atoms with Crippen molar-refractivity contribution in [3.05, 3.63) is 100 Å². The Morgan fingerprint density at radius 1 is 0.780 bits per heavy atom. The van der Waals surface area contributed by atoms with Gasteiger partial charge in [0.05, 0.1) is 71.9 Å². The van der Waals surface area contributed by atoms with Crippen molar-refractivity contribution in [2.75, 3.05) is 34.4 Å². The molecule has 12 rings (SSSR count). The number of nitrogens with one attached hydrogen (secondary N) is 7. The van der Waals surface area contributed by atoms with E-state index in [0.717, 1.165) is 95.4 Å². The number of methoxy groups -OCH3 is 2. The fourth-order valence-corrected chi connectivity index (χ4v) is 15.3. The number of H-pyrrole nitrogens is 1. The minimum Gasteiger partial charge on any atom is -0.496 e.